The van der Waals surface area contributed by atoms with Crippen molar-refractivity contribution in [1.82, 2.24) is 0 Å². The van der Waals surface area contributed by atoms with E-state index in [1.54, 1.807) is 19.2 Å². The summed E-state index contributed by atoms with van der Waals surface area (Å²) in [4.78, 5) is 13.9. The standard InChI is InChI=1S/C21H21NO4S/c1-25-18-9-8-15(11-19(18)26-16-4-2-3-5-16)22-12-14-7-6-13(21(23)24)10-17(14)20(22)27/h6-11,16H,2-5,12H2,1H3,(H,23,24). The fourth-order valence-electron chi connectivity index (χ4n) is 3.75. The molecule has 0 atom stereocenters. The number of carbonyl (C=O) groups is 1. The van der Waals surface area contributed by atoms with Crippen molar-refractivity contribution in [2.24, 2.45) is 0 Å². The Balaban J connectivity index is 1.63. The second kappa shape index (κ2) is 7.19. The lowest BCUT2D eigenvalue weighted by molar-refractivity contribution is 0.0697. The highest BCUT2D eigenvalue weighted by molar-refractivity contribution is 7.81. The predicted octanol–water partition coefficient (Wildman–Crippen LogP) is 4.41. The van der Waals surface area contributed by atoms with E-state index in [0.29, 0.717) is 17.3 Å². The molecule has 1 aliphatic carbocycles. The summed E-state index contributed by atoms with van der Waals surface area (Å²) in [6, 6.07) is 10.9. The Morgan fingerprint density at radius 3 is 2.63 bits per heavy atom. The normalized spacial score (nSPS) is 16.5. The van der Waals surface area contributed by atoms with Gasteiger partial charge in [0.2, 0.25) is 0 Å². The second-order valence-corrected chi connectivity index (χ2v) is 7.31. The van der Waals surface area contributed by atoms with Gasteiger partial charge in [-0.1, -0.05) is 18.3 Å². The van der Waals surface area contributed by atoms with Gasteiger partial charge in [-0.25, -0.2) is 4.79 Å². The van der Waals surface area contributed by atoms with Gasteiger partial charge in [0.1, 0.15) is 4.99 Å². The Hall–Kier alpha value is -2.60. The fraction of sp³-hybridized carbons (Fsp3) is 0.333. The summed E-state index contributed by atoms with van der Waals surface area (Å²) in [5, 5.41) is 9.23. The molecule has 1 N–H and O–H groups in total. The molecular weight excluding hydrogens is 362 g/mol. The van der Waals surface area contributed by atoms with Gasteiger partial charge in [0.25, 0.3) is 0 Å². The van der Waals surface area contributed by atoms with Crippen molar-refractivity contribution in [2.45, 2.75) is 38.3 Å². The van der Waals surface area contributed by atoms with E-state index in [1.165, 1.54) is 12.8 Å². The van der Waals surface area contributed by atoms with E-state index in [9.17, 15) is 9.90 Å². The van der Waals surface area contributed by atoms with Crippen molar-refractivity contribution < 1.29 is 19.4 Å². The van der Waals surface area contributed by atoms with Gasteiger partial charge in [0, 0.05) is 23.9 Å². The number of benzene rings is 2. The third kappa shape index (κ3) is 3.37. The van der Waals surface area contributed by atoms with Crippen LogP contribution in [0.2, 0.25) is 0 Å². The summed E-state index contributed by atoms with van der Waals surface area (Å²) in [6.45, 7) is 0.614. The molecule has 1 saturated carbocycles. The van der Waals surface area contributed by atoms with Crippen molar-refractivity contribution in [3.8, 4) is 11.5 Å². The molecule has 5 nitrogen and oxygen atoms in total. The highest BCUT2D eigenvalue weighted by Crippen LogP contribution is 2.37. The van der Waals surface area contributed by atoms with Crippen LogP contribution in [0.15, 0.2) is 36.4 Å². The number of ether oxygens (including phenoxy) is 2. The zero-order chi connectivity index (χ0) is 19.0. The average molecular weight is 383 g/mol. The SMILES string of the molecule is COc1ccc(N2Cc3ccc(C(=O)O)cc3C2=S)cc1OC1CCCC1. The molecule has 0 bridgehead atoms. The van der Waals surface area contributed by atoms with Gasteiger partial charge < -0.3 is 19.5 Å². The van der Waals surface area contributed by atoms with Crippen molar-refractivity contribution in [2.75, 3.05) is 12.0 Å². The minimum atomic E-state index is -0.948. The number of anilines is 1. The molecule has 1 aliphatic heterocycles. The minimum Gasteiger partial charge on any atom is -0.493 e. The van der Waals surface area contributed by atoms with E-state index in [1.807, 2.05) is 29.2 Å². The number of fused-ring (bicyclic) bond motifs is 1. The number of carboxylic acids is 1. The summed E-state index contributed by atoms with van der Waals surface area (Å²) in [5.74, 6) is 0.490. The fourth-order valence-corrected chi connectivity index (χ4v) is 4.11. The maximum Gasteiger partial charge on any atom is 0.335 e. The quantitative estimate of drug-likeness (QED) is 0.772. The Morgan fingerprint density at radius 2 is 1.93 bits per heavy atom. The number of methoxy groups -OCH3 is 1. The molecule has 0 radical (unpaired) electrons. The Kier molecular flexibility index (Phi) is 4.74. The maximum absolute atomic E-state index is 11.3. The van der Waals surface area contributed by atoms with Crippen LogP contribution in [0, 0.1) is 0 Å². The molecule has 1 heterocycles. The third-order valence-corrected chi connectivity index (χ3v) is 5.66. The molecule has 0 spiro atoms. The van der Waals surface area contributed by atoms with Crippen LogP contribution >= 0.6 is 12.2 Å². The summed E-state index contributed by atoms with van der Waals surface area (Å²) in [5.41, 5.74) is 3.00. The Morgan fingerprint density at radius 1 is 1.15 bits per heavy atom. The minimum absolute atomic E-state index is 0.231. The van der Waals surface area contributed by atoms with Gasteiger partial charge >= 0.3 is 5.97 Å². The second-order valence-electron chi connectivity index (χ2n) is 6.93. The average Bonchev–Trinajstić information content (AvgIpc) is 3.29. The highest BCUT2D eigenvalue weighted by Gasteiger charge is 2.27. The molecule has 2 aromatic carbocycles. The smallest absolute Gasteiger partial charge is 0.335 e. The molecule has 2 aromatic rings. The van der Waals surface area contributed by atoms with E-state index < -0.39 is 5.97 Å². The van der Waals surface area contributed by atoms with E-state index >= 15 is 0 Å². The first kappa shape index (κ1) is 17.8. The van der Waals surface area contributed by atoms with Gasteiger partial charge in [0.05, 0.1) is 18.8 Å². The molecule has 0 unspecified atom stereocenters. The molecule has 4 rings (SSSR count). The van der Waals surface area contributed by atoms with Gasteiger partial charge in [-0.3, -0.25) is 0 Å². The van der Waals surface area contributed by atoms with E-state index in [4.69, 9.17) is 21.7 Å². The Bertz CT molecular complexity index is 905. The Labute approximate surface area is 163 Å². The monoisotopic (exact) mass is 383 g/mol. The third-order valence-electron chi connectivity index (χ3n) is 5.22. The molecular formula is C21H21NO4S. The van der Waals surface area contributed by atoms with Crippen molar-refractivity contribution in [3.05, 3.63) is 53.1 Å². The number of hydrogen-bond donors (Lipinski definition) is 1. The van der Waals surface area contributed by atoms with Crippen LogP contribution in [0.3, 0.4) is 0 Å². The van der Waals surface area contributed by atoms with Gasteiger partial charge in [-0.05, 0) is 55.5 Å². The van der Waals surface area contributed by atoms with Crippen LogP contribution in [0.5, 0.6) is 11.5 Å². The van der Waals surface area contributed by atoms with Crippen LogP contribution in [0.4, 0.5) is 5.69 Å². The van der Waals surface area contributed by atoms with E-state index in [-0.39, 0.29) is 11.7 Å². The van der Waals surface area contributed by atoms with E-state index in [0.717, 1.165) is 35.4 Å². The van der Waals surface area contributed by atoms with Crippen LogP contribution in [0.1, 0.15) is 47.2 Å². The topological polar surface area (TPSA) is 59.0 Å². The molecule has 1 fully saturated rings. The summed E-state index contributed by atoms with van der Waals surface area (Å²) >= 11 is 5.63. The summed E-state index contributed by atoms with van der Waals surface area (Å²) < 4.78 is 11.7. The number of rotatable bonds is 5. The lowest BCUT2D eigenvalue weighted by Crippen LogP contribution is -2.22. The van der Waals surface area contributed by atoms with E-state index in [2.05, 4.69) is 0 Å². The first-order valence-electron chi connectivity index (χ1n) is 9.09. The van der Waals surface area contributed by atoms with Gasteiger partial charge in [0.15, 0.2) is 11.5 Å². The highest BCUT2D eigenvalue weighted by atomic mass is 32.1. The van der Waals surface area contributed by atoms with Crippen molar-refractivity contribution >= 4 is 28.9 Å². The van der Waals surface area contributed by atoms with Crippen LogP contribution < -0.4 is 14.4 Å². The number of aromatic carboxylic acids is 1. The number of thiocarbonyl (C=S) groups is 1. The first-order chi connectivity index (χ1) is 13.1. The number of hydrogen-bond acceptors (Lipinski definition) is 4. The first-order valence-corrected chi connectivity index (χ1v) is 9.50. The summed E-state index contributed by atoms with van der Waals surface area (Å²) in [6.07, 6.45) is 4.77. The lowest BCUT2D eigenvalue weighted by atomic mass is 10.1. The maximum atomic E-state index is 11.3. The molecule has 0 amide bonds. The van der Waals surface area contributed by atoms with Crippen LogP contribution in [0.25, 0.3) is 0 Å². The summed E-state index contributed by atoms with van der Waals surface area (Å²) in [7, 11) is 1.64. The molecule has 2 aliphatic rings. The van der Waals surface area contributed by atoms with Crippen molar-refractivity contribution in [1.29, 1.82) is 0 Å². The molecule has 27 heavy (non-hydrogen) atoms. The van der Waals surface area contributed by atoms with Crippen molar-refractivity contribution in [3.63, 3.8) is 0 Å². The zero-order valence-corrected chi connectivity index (χ0v) is 15.9. The molecule has 0 aromatic heterocycles. The predicted molar refractivity (Wildman–Crippen MR) is 107 cm³/mol. The molecule has 0 saturated heterocycles. The van der Waals surface area contributed by atoms with Gasteiger partial charge in [-0.2, -0.15) is 0 Å². The van der Waals surface area contributed by atoms with Gasteiger partial charge in [-0.15, -0.1) is 0 Å². The molecule has 6 heteroatoms. The van der Waals surface area contributed by atoms with Crippen LogP contribution in [-0.4, -0.2) is 29.3 Å². The number of carboxylic acid groups (broad SMARTS) is 1. The lowest BCUT2D eigenvalue weighted by Gasteiger charge is -2.22. The number of nitrogens with zero attached hydrogens (tertiary/aromatic N) is 1. The largest absolute Gasteiger partial charge is 0.493 e. The zero-order valence-electron chi connectivity index (χ0n) is 15.1. The van der Waals surface area contributed by atoms with Crippen LogP contribution in [-0.2, 0) is 6.54 Å². The molecule has 140 valence electrons.